The van der Waals surface area contributed by atoms with Crippen LogP contribution in [0.3, 0.4) is 0 Å². The van der Waals surface area contributed by atoms with E-state index < -0.39 is 28.9 Å². The second-order valence-electron chi connectivity index (χ2n) is 8.42. The molecular formula is C25H17F6NOS. The Balaban J connectivity index is 2.00. The van der Waals surface area contributed by atoms with Gasteiger partial charge in [-0.05, 0) is 26.0 Å². The maximum atomic E-state index is 15.5. The normalized spacial score (nSPS) is 18.9. The smallest absolute Gasteiger partial charge is 0.347 e. The van der Waals surface area contributed by atoms with Crippen molar-refractivity contribution < 1.29 is 31.1 Å². The second-order valence-corrected chi connectivity index (χ2v) is 9.67. The molecule has 0 saturated heterocycles. The Morgan fingerprint density at radius 1 is 0.853 bits per heavy atom. The summed E-state index contributed by atoms with van der Waals surface area (Å²) in [6.45, 7) is 2.87. The maximum absolute atomic E-state index is 15.5. The Hall–Kier alpha value is -3.07. The van der Waals surface area contributed by atoms with Crippen molar-refractivity contribution in [2.45, 2.75) is 31.6 Å². The van der Waals surface area contributed by atoms with E-state index in [9.17, 15) is 13.6 Å². The molecule has 0 atom stereocenters. The van der Waals surface area contributed by atoms with Gasteiger partial charge in [0.2, 0.25) is 0 Å². The summed E-state index contributed by atoms with van der Waals surface area (Å²) in [6, 6.07) is 10.4. The topological polar surface area (TPSA) is 22.0 Å². The quantitative estimate of drug-likeness (QED) is 0.212. The van der Waals surface area contributed by atoms with Crippen LogP contribution in [0.5, 0.6) is 0 Å². The number of allylic oxidation sites excluding steroid dienone is 2. The number of hydrogen-bond acceptors (Lipinski definition) is 2. The van der Waals surface area contributed by atoms with Crippen LogP contribution in [-0.2, 0) is 7.05 Å². The number of thiophene rings is 1. The number of aryl methyl sites for hydroxylation is 2. The predicted octanol–water partition coefficient (Wildman–Crippen LogP) is 7.65. The Bertz CT molecular complexity index is 1540. The molecule has 0 saturated carbocycles. The Labute approximate surface area is 194 Å². The van der Waals surface area contributed by atoms with Gasteiger partial charge in [-0.1, -0.05) is 30.3 Å². The fraction of sp³-hybridized carbons (Fsp3) is 0.240. The summed E-state index contributed by atoms with van der Waals surface area (Å²) < 4.78 is 93.4. The van der Waals surface area contributed by atoms with Gasteiger partial charge in [-0.3, -0.25) is 4.79 Å². The molecule has 34 heavy (non-hydrogen) atoms. The van der Waals surface area contributed by atoms with Crippen molar-refractivity contribution >= 4 is 49.8 Å². The lowest BCUT2D eigenvalue weighted by atomic mass is 9.91. The van der Waals surface area contributed by atoms with Crippen LogP contribution in [0.1, 0.15) is 32.1 Å². The number of fused-ring (bicyclic) bond motifs is 2. The molecular weight excluding hydrogens is 476 g/mol. The number of nitrogens with zero attached hydrogens (tertiary/aromatic N) is 1. The van der Waals surface area contributed by atoms with Gasteiger partial charge in [-0.15, -0.1) is 11.3 Å². The highest BCUT2D eigenvalue weighted by molar-refractivity contribution is 7.19. The summed E-state index contributed by atoms with van der Waals surface area (Å²) in [5.74, 6) is -15.9. The first kappa shape index (κ1) is 22.7. The van der Waals surface area contributed by atoms with E-state index in [0.717, 1.165) is 11.3 Å². The lowest BCUT2D eigenvalue weighted by Gasteiger charge is -2.26. The van der Waals surface area contributed by atoms with Gasteiger partial charge in [0.25, 0.3) is 0 Å². The van der Waals surface area contributed by atoms with Crippen molar-refractivity contribution in [3.8, 4) is 0 Å². The van der Waals surface area contributed by atoms with Crippen molar-refractivity contribution in [3.63, 3.8) is 0 Å². The van der Waals surface area contributed by atoms with E-state index in [1.807, 2.05) is 0 Å². The van der Waals surface area contributed by atoms with Gasteiger partial charge in [0.15, 0.2) is 0 Å². The molecule has 0 aliphatic heterocycles. The van der Waals surface area contributed by atoms with Gasteiger partial charge in [0, 0.05) is 66.4 Å². The molecule has 0 spiro atoms. The van der Waals surface area contributed by atoms with Crippen molar-refractivity contribution in [1.82, 2.24) is 4.57 Å². The number of alkyl halides is 6. The Kier molecular flexibility index (Phi) is 4.66. The molecule has 0 radical (unpaired) electrons. The molecule has 2 aromatic heterocycles. The zero-order chi connectivity index (χ0) is 24.8. The molecule has 5 rings (SSSR count). The summed E-state index contributed by atoms with van der Waals surface area (Å²) in [7, 11) is 1.50. The fourth-order valence-corrected chi connectivity index (χ4v) is 5.91. The summed E-state index contributed by atoms with van der Waals surface area (Å²) in [5, 5.41) is 0.301. The zero-order valence-corrected chi connectivity index (χ0v) is 19.0. The number of rotatable bonds is 3. The van der Waals surface area contributed by atoms with E-state index in [1.165, 1.54) is 49.7 Å². The van der Waals surface area contributed by atoms with Crippen molar-refractivity contribution in [2.75, 3.05) is 0 Å². The number of carbonyl (C=O) groups excluding carboxylic acids is 1. The Morgan fingerprint density at radius 3 is 2.12 bits per heavy atom. The number of hydrogen-bond donors (Lipinski definition) is 0. The van der Waals surface area contributed by atoms with E-state index in [-0.39, 0.29) is 38.0 Å². The van der Waals surface area contributed by atoms with Crippen LogP contribution in [0.4, 0.5) is 26.3 Å². The first-order valence-electron chi connectivity index (χ1n) is 10.3. The monoisotopic (exact) mass is 493 g/mol. The van der Waals surface area contributed by atoms with Crippen LogP contribution in [0.25, 0.3) is 32.1 Å². The standard InChI is InChI=1S/C25H17F6NOS/c1-12-19(15-9-8-14(11-33)10-17(15)32(12)3)21-22(24(28,29)25(30,31)23(21,26)27)20-13(2)34-18-7-5-4-6-16(18)20/h4-11H,1-3H3. The molecule has 0 fully saturated rings. The first-order chi connectivity index (χ1) is 15.9. The number of carbonyl (C=O) groups is 1. The lowest BCUT2D eigenvalue weighted by molar-refractivity contribution is -0.254. The van der Waals surface area contributed by atoms with Crippen LogP contribution < -0.4 is 0 Å². The number of benzene rings is 2. The highest BCUT2D eigenvalue weighted by atomic mass is 32.1. The van der Waals surface area contributed by atoms with Crippen molar-refractivity contribution in [1.29, 1.82) is 0 Å². The maximum Gasteiger partial charge on any atom is 0.380 e. The number of aromatic nitrogens is 1. The third kappa shape index (κ3) is 2.61. The van der Waals surface area contributed by atoms with Crippen LogP contribution in [-0.4, -0.2) is 28.6 Å². The van der Waals surface area contributed by atoms with Crippen molar-refractivity contribution in [3.05, 3.63) is 69.7 Å². The van der Waals surface area contributed by atoms with Gasteiger partial charge < -0.3 is 4.57 Å². The average Bonchev–Trinajstić information content (AvgIpc) is 3.27. The highest BCUT2D eigenvalue weighted by Gasteiger charge is 2.80. The Morgan fingerprint density at radius 2 is 1.47 bits per heavy atom. The highest BCUT2D eigenvalue weighted by Crippen LogP contribution is 2.66. The molecule has 2 aromatic carbocycles. The van der Waals surface area contributed by atoms with Gasteiger partial charge in [0.1, 0.15) is 6.29 Å². The van der Waals surface area contributed by atoms with Crippen molar-refractivity contribution in [2.24, 2.45) is 7.05 Å². The number of aldehydes is 1. The van der Waals surface area contributed by atoms with Crippen LogP contribution in [0.15, 0.2) is 42.5 Å². The SMILES string of the molecule is Cc1sc2ccccc2c1C1=C(c2c(C)n(C)c3cc(C=O)ccc23)C(F)(F)C(F)(F)C1(F)F. The van der Waals surface area contributed by atoms with Crippen LogP contribution >= 0.6 is 11.3 Å². The summed E-state index contributed by atoms with van der Waals surface area (Å²) in [4.78, 5) is 11.5. The third-order valence-electron chi connectivity index (χ3n) is 6.59. The summed E-state index contributed by atoms with van der Waals surface area (Å²) in [6.07, 6.45) is 0.555. The van der Waals surface area contributed by atoms with E-state index in [2.05, 4.69) is 0 Å². The molecule has 9 heteroatoms. The molecule has 0 unspecified atom stereocenters. The van der Waals surface area contributed by atoms with Gasteiger partial charge >= 0.3 is 17.8 Å². The lowest BCUT2D eigenvalue weighted by Crippen LogP contribution is -2.49. The van der Waals surface area contributed by atoms with E-state index in [1.54, 1.807) is 18.2 Å². The molecule has 1 aliphatic rings. The molecule has 0 N–H and O–H groups in total. The largest absolute Gasteiger partial charge is 0.380 e. The molecule has 4 aromatic rings. The summed E-state index contributed by atoms with van der Waals surface area (Å²) in [5.41, 5.74) is -2.76. The van der Waals surface area contributed by atoms with Crippen LogP contribution in [0, 0.1) is 13.8 Å². The zero-order valence-electron chi connectivity index (χ0n) is 18.2. The molecule has 1 aliphatic carbocycles. The molecule has 0 amide bonds. The van der Waals surface area contributed by atoms with Gasteiger partial charge in [-0.25, -0.2) is 0 Å². The van der Waals surface area contributed by atoms with Gasteiger partial charge in [-0.2, -0.15) is 26.3 Å². The average molecular weight is 493 g/mol. The fourth-order valence-electron chi connectivity index (χ4n) is 4.84. The minimum Gasteiger partial charge on any atom is -0.347 e. The minimum atomic E-state index is -5.64. The third-order valence-corrected chi connectivity index (χ3v) is 7.68. The predicted molar refractivity (Wildman–Crippen MR) is 121 cm³/mol. The van der Waals surface area contributed by atoms with Gasteiger partial charge in [0.05, 0.1) is 0 Å². The molecule has 2 nitrogen and oxygen atoms in total. The van der Waals surface area contributed by atoms with Crippen LogP contribution in [0.2, 0.25) is 0 Å². The molecule has 2 heterocycles. The molecule has 176 valence electrons. The number of halogens is 6. The van der Waals surface area contributed by atoms with E-state index >= 15 is 17.6 Å². The molecule has 0 bridgehead atoms. The summed E-state index contributed by atoms with van der Waals surface area (Å²) >= 11 is 1.08. The first-order valence-corrected chi connectivity index (χ1v) is 11.1. The second kappa shape index (κ2) is 6.97. The minimum absolute atomic E-state index is 0.0865. The van der Waals surface area contributed by atoms with E-state index in [0.29, 0.717) is 16.5 Å². The van der Waals surface area contributed by atoms with E-state index in [4.69, 9.17) is 0 Å².